The van der Waals surface area contributed by atoms with Crippen molar-refractivity contribution in [2.24, 2.45) is 5.10 Å². The molecule has 0 aliphatic carbocycles. The molecular formula is C19H18ClIN4O3. The Hall–Kier alpha value is -2.46. The predicted molar refractivity (Wildman–Crippen MR) is 118 cm³/mol. The third-order valence-corrected chi connectivity index (χ3v) is 4.59. The van der Waals surface area contributed by atoms with Crippen molar-refractivity contribution in [1.29, 1.82) is 0 Å². The van der Waals surface area contributed by atoms with E-state index in [9.17, 15) is 14.4 Å². The van der Waals surface area contributed by atoms with E-state index in [1.807, 2.05) is 25.1 Å². The van der Waals surface area contributed by atoms with Crippen molar-refractivity contribution in [2.75, 3.05) is 10.6 Å². The fourth-order valence-corrected chi connectivity index (χ4v) is 2.82. The van der Waals surface area contributed by atoms with E-state index < -0.39 is 11.8 Å². The molecule has 3 N–H and O–H groups in total. The number of anilines is 2. The lowest BCUT2D eigenvalue weighted by molar-refractivity contribution is -0.136. The first kappa shape index (κ1) is 21.8. The van der Waals surface area contributed by atoms with Crippen molar-refractivity contribution in [3.05, 3.63) is 56.6 Å². The summed E-state index contributed by atoms with van der Waals surface area (Å²) in [6.45, 7) is 3.40. The number of nitrogens with one attached hydrogen (secondary N) is 3. The zero-order valence-electron chi connectivity index (χ0n) is 15.2. The first-order valence-electron chi connectivity index (χ1n) is 8.20. The van der Waals surface area contributed by atoms with Gasteiger partial charge in [-0.05, 0) is 72.3 Å². The number of aryl methyl sites for hydroxylation is 1. The third-order valence-electron chi connectivity index (χ3n) is 3.51. The van der Waals surface area contributed by atoms with E-state index in [2.05, 4.69) is 43.8 Å². The molecule has 0 radical (unpaired) electrons. The summed E-state index contributed by atoms with van der Waals surface area (Å²) >= 11 is 8.13. The lowest BCUT2D eigenvalue weighted by atomic mass is 10.2. The van der Waals surface area contributed by atoms with Crippen LogP contribution in [-0.2, 0) is 14.4 Å². The smallest absolute Gasteiger partial charge is 0.326 e. The first-order chi connectivity index (χ1) is 13.2. The van der Waals surface area contributed by atoms with Gasteiger partial charge >= 0.3 is 11.8 Å². The Kier molecular flexibility index (Phi) is 7.94. The first-order valence-corrected chi connectivity index (χ1v) is 9.66. The molecule has 0 bridgehead atoms. The number of halogens is 2. The second kappa shape index (κ2) is 10.2. The number of carbonyl (C=O) groups is 3. The number of amides is 3. The normalized spacial score (nSPS) is 10.9. The maximum absolute atomic E-state index is 12.0. The van der Waals surface area contributed by atoms with Crippen molar-refractivity contribution >= 4 is 69.0 Å². The number of hydrogen-bond donors (Lipinski definition) is 3. The average Bonchev–Trinajstić information content (AvgIpc) is 2.62. The minimum absolute atomic E-state index is 0.0268. The molecule has 7 nitrogen and oxygen atoms in total. The van der Waals surface area contributed by atoms with Crippen LogP contribution in [0.5, 0.6) is 0 Å². The van der Waals surface area contributed by atoms with E-state index in [1.54, 1.807) is 31.2 Å². The Bertz CT molecular complexity index is 947. The highest BCUT2D eigenvalue weighted by atomic mass is 127. The second-order valence-corrected chi connectivity index (χ2v) is 7.59. The summed E-state index contributed by atoms with van der Waals surface area (Å²) in [7, 11) is 0. The molecule has 0 aliphatic heterocycles. The van der Waals surface area contributed by atoms with Crippen molar-refractivity contribution in [3.63, 3.8) is 0 Å². The zero-order valence-corrected chi connectivity index (χ0v) is 18.1. The third kappa shape index (κ3) is 6.93. The summed E-state index contributed by atoms with van der Waals surface area (Å²) in [4.78, 5) is 35.8. The van der Waals surface area contributed by atoms with Crippen LogP contribution < -0.4 is 16.1 Å². The van der Waals surface area contributed by atoms with Gasteiger partial charge < -0.3 is 10.6 Å². The number of benzene rings is 2. The van der Waals surface area contributed by atoms with Crippen LogP contribution in [0, 0.1) is 10.5 Å². The van der Waals surface area contributed by atoms with Gasteiger partial charge in [0, 0.05) is 25.7 Å². The molecule has 0 spiro atoms. The monoisotopic (exact) mass is 512 g/mol. The molecule has 2 aromatic rings. The second-order valence-electron chi connectivity index (χ2n) is 5.94. The van der Waals surface area contributed by atoms with Gasteiger partial charge in [-0.15, -0.1) is 0 Å². The Morgan fingerprint density at radius 2 is 1.75 bits per heavy atom. The van der Waals surface area contributed by atoms with Gasteiger partial charge in [0.1, 0.15) is 0 Å². The summed E-state index contributed by atoms with van der Waals surface area (Å²) in [5, 5.41) is 9.43. The standard InChI is InChI=1S/C19H18ClIN4O3/c1-11-6-7-15(10-16(11)20)23-18(27)19(28)25-24-12(2)8-17(26)22-14-5-3-4-13(21)9-14/h3-7,9-10H,8H2,1-2H3,(H,22,26)(H,23,27)(H,25,28)/b24-12+. The van der Waals surface area contributed by atoms with Crippen molar-refractivity contribution < 1.29 is 14.4 Å². The van der Waals surface area contributed by atoms with Gasteiger partial charge in [0.15, 0.2) is 0 Å². The number of carbonyl (C=O) groups excluding carboxylic acids is 3. The molecule has 2 aromatic carbocycles. The Morgan fingerprint density at radius 1 is 1.04 bits per heavy atom. The lowest BCUT2D eigenvalue weighted by Crippen LogP contribution is -2.33. The summed E-state index contributed by atoms with van der Waals surface area (Å²) in [5.41, 5.74) is 4.40. The van der Waals surface area contributed by atoms with Crippen LogP contribution in [0.1, 0.15) is 18.9 Å². The summed E-state index contributed by atoms with van der Waals surface area (Å²) in [5.74, 6) is -2.12. The summed E-state index contributed by atoms with van der Waals surface area (Å²) in [6, 6.07) is 12.3. The van der Waals surface area contributed by atoms with Crippen molar-refractivity contribution in [2.45, 2.75) is 20.3 Å². The zero-order chi connectivity index (χ0) is 20.7. The van der Waals surface area contributed by atoms with Gasteiger partial charge in [-0.25, -0.2) is 5.43 Å². The van der Waals surface area contributed by atoms with E-state index in [-0.39, 0.29) is 12.3 Å². The number of hydrogen-bond acceptors (Lipinski definition) is 4. The molecule has 0 aromatic heterocycles. The van der Waals surface area contributed by atoms with Crippen molar-refractivity contribution in [1.82, 2.24) is 5.43 Å². The minimum atomic E-state index is -0.950. The highest BCUT2D eigenvalue weighted by Crippen LogP contribution is 2.19. The SMILES string of the molecule is C/C(CC(=O)Nc1cccc(I)c1)=N\NC(=O)C(=O)Nc1ccc(C)c(Cl)c1. The lowest BCUT2D eigenvalue weighted by Gasteiger charge is -2.07. The van der Waals surface area contributed by atoms with E-state index in [4.69, 9.17) is 11.6 Å². The topological polar surface area (TPSA) is 99.7 Å². The number of rotatable bonds is 5. The van der Waals surface area contributed by atoms with E-state index in [1.165, 1.54) is 0 Å². The van der Waals surface area contributed by atoms with Crippen LogP contribution in [0.15, 0.2) is 47.6 Å². The van der Waals surface area contributed by atoms with Gasteiger partial charge in [0.05, 0.1) is 6.42 Å². The van der Waals surface area contributed by atoms with Crippen LogP contribution in [-0.4, -0.2) is 23.4 Å². The maximum Gasteiger partial charge on any atom is 0.329 e. The van der Waals surface area contributed by atoms with Crippen LogP contribution in [0.3, 0.4) is 0 Å². The molecule has 2 rings (SSSR count). The van der Waals surface area contributed by atoms with Gasteiger partial charge in [-0.2, -0.15) is 5.10 Å². The van der Waals surface area contributed by atoms with E-state index >= 15 is 0 Å². The molecule has 3 amide bonds. The fraction of sp³-hybridized carbons (Fsp3) is 0.158. The highest BCUT2D eigenvalue weighted by Gasteiger charge is 2.14. The van der Waals surface area contributed by atoms with Crippen LogP contribution in [0.4, 0.5) is 11.4 Å². The van der Waals surface area contributed by atoms with Gasteiger partial charge in [-0.1, -0.05) is 23.7 Å². The van der Waals surface area contributed by atoms with Crippen LogP contribution in [0.25, 0.3) is 0 Å². The van der Waals surface area contributed by atoms with Crippen LogP contribution >= 0.6 is 34.2 Å². The Labute approximate surface area is 181 Å². The molecule has 0 saturated heterocycles. The van der Waals surface area contributed by atoms with Crippen molar-refractivity contribution in [3.8, 4) is 0 Å². The Balaban J connectivity index is 1.85. The molecule has 0 aliphatic rings. The number of nitrogens with zero attached hydrogens (tertiary/aromatic N) is 1. The highest BCUT2D eigenvalue weighted by molar-refractivity contribution is 14.1. The number of hydrazone groups is 1. The van der Waals surface area contributed by atoms with E-state index in [0.717, 1.165) is 9.13 Å². The molecular weight excluding hydrogens is 495 g/mol. The fourth-order valence-electron chi connectivity index (χ4n) is 2.10. The summed E-state index contributed by atoms with van der Waals surface area (Å²) < 4.78 is 0.994. The molecule has 0 fully saturated rings. The molecule has 0 heterocycles. The maximum atomic E-state index is 12.0. The molecule has 146 valence electrons. The molecule has 0 atom stereocenters. The van der Waals surface area contributed by atoms with Gasteiger partial charge in [0.25, 0.3) is 0 Å². The molecule has 28 heavy (non-hydrogen) atoms. The Morgan fingerprint density at radius 3 is 2.43 bits per heavy atom. The summed E-state index contributed by atoms with van der Waals surface area (Å²) in [6.07, 6.45) is -0.0268. The van der Waals surface area contributed by atoms with Crippen LogP contribution in [0.2, 0.25) is 5.02 Å². The minimum Gasteiger partial charge on any atom is -0.326 e. The predicted octanol–water partition coefficient (Wildman–Crippen LogP) is 3.71. The largest absolute Gasteiger partial charge is 0.329 e. The van der Waals surface area contributed by atoms with Gasteiger partial charge in [-0.3, -0.25) is 14.4 Å². The van der Waals surface area contributed by atoms with Gasteiger partial charge in [0.2, 0.25) is 5.91 Å². The molecule has 9 heteroatoms. The van der Waals surface area contributed by atoms with E-state index in [0.29, 0.717) is 22.1 Å². The quantitative estimate of drug-likeness (QED) is 0.246. The molecule has 0 unspecified atom stereocenters. The average molecular weight is 513 g/mol. The molecule has 0 saturated carbocycles.